The average Bonchev–Trinajstić information content (AvgIpc) is 2.80. The van der Waals surface area contributed by atoms with E-state index in [0.29, 0.717) is 5.92 Å². The third-order valence-electron chi connectivity index (χ3n) is 5.70. The highest BCUT2D eigenvalue weighted by molar-refractivity contribution is 8.27. The van der Waals surface area contributed by atoms with Crippen LogP contribution < -0.4 is 0 Å². The Morgan fingerprint density at radius 1 is 0.941 bits per heavy atom. The van der Waals surface area contributed by atoms with Crippen LogP contribution in [0.3, 0.4) is 0 Å². The van der Waals surface area contributed by atoms with Gasteiger partial charge in [-0.2, -0.15) is 0 Å². The molecule has 1 unspecified atom stereocenters. The van der Waals surface area contributed by atoms with Gasteiger partial charge in [-0.1, -0.05) is 96.3 Å². The molecule has 0 aromatic heterocycles. The fourth-order valence-corrected chi connectivity index (χ4v) is 4.44. The van der Waals surface area contributed by atoms with Crippen LogP contribution in [0.1, 0.15) is 98.8 Å². The zero-order valence-corrected chi connectivity index (χ0v) is 24.1. The molecule has 1 atom stereocenters. The first-order valence-electron chi connectivity index (χ1n) is 13.0. The van der Waals surface area contributed by atoms with Crippen LogP contribution in [0.5, 0.6) is 0 Å². The van der Waals surface area contributed by atoms with Gasteiger partial charge in [-0.3, -0.25) is 0 Å². The number of unbranched alkanes of at least 4 members (excludes halogenated alkanes) is 1. The van der Waals surface area contributed by atoms with E-state index < -0.39 is 9.52 Å². The summed E-state index contributed by atoms with van der Waals surface area (Å²) in [7, 11) is 5.14. The van der Waals surface area contributed by atoms with Gasteiger partial charge in [0.2, 0.25) is 0 Å². The summed E-state index contributed by atoms with van der Waals surface area (Å²) in [6.07, 6.45) is 31.3. The molecule has 0 aliphatic carbocycles. The van der Waals surface area contributed by atoms with Gasteiger partial charge in [0.15, 0.2) is 0 Å². The second-order valence-corrected chi connectivity index (χ2v) is 11.4. The Balaban J connectivity index is 4.54. The Hall–Kier alpha value is -1.58. The molecule has 0 saturated heterocycles. The zero-order chi connectivity index (χ0) is 25.4. The van der Waals surface area contributed by atoms with E-state index >= 15 is 0 Å². The molecular formula is C32H49ClS. The van der Waals surface area contributed by atoms with Crippen LogP contribution in [-0.2, 0) is 0 Å². The van der Waals surface area contributed by atoms with Crippen molar-refractivity contribution in [3.63, 3.8) is 0 Å². The van der Waals surface area contributed by atoms with Crippen LogP contribution in [0, 0.1) is 23.4 Å². The summed E-state index contributed by atoms with van der Waals surface area (Å²) < 4.78 is 0. The molecule has 2 heteroatoms. The van der Waals surface area contributed by atoms with Crippen LogP contribution >= 0.6 is 20.2 Å². The molecule has 0 amide bonds. The van der Waals surface area contributed by atoms with Gasteiger partial charge in [-0.25, -0.2) is 0 Å². The summed E-state index contributed by atoms with van der Waals surface area (Å²) in [5, 5.41) is 0. The fourth-order valence-electron chi connectivity index (χ4n) is 3.62. The molecule has 0 nitrogen and oxygen atoms in total. The van der Waals surface area contributed by atoms with Gasteiger partial charge in [0.1, 0.15) is 0 Å². The summed E-state index contributed by atoms with van der Waals surface area (Å²) in [4.78, 5) is 0. The lowest BCUT2D eigenvalue weighted by Crippen LogP contribution is -1.94. The van der Waals surface area contributed by atoms with Gasteiger partial charge in [0.05, 0.1) is 0 Å². The van der Waals surface area contributed by atoms with Crippen LogP contribution in [0.15, 0.2) is 71.4 Å². The summed E-state index contributed by atoms with van der Waals surface area (Å²) in [5.74, 6) is 7.88. The SMILES string of the molecule is C#[SH](Cl)CCC/C(=C/C=C/CC/C(C#CC)=C/CC/C(=C\C)CCC/C=C\C/C=C\C)C(C)C. The largest absolute Gasteiger partial charge is 0.134 e. The van der Waals surface area contributed by atoms with Crippen molar-refractivity contribution in [1.29, 1.82) is 0 Å². The van der Waals surface area contributed by atoms with Gasteiger partial charge >= 0.3 is 0 Å². The highest BCUT2D eigenvalue weighted by Gasteiger charge is 2.02. The molecule has 0 spiro atoms. The van der Waals surface area contributed by atoms with E-state index in [1.807, 2.05) is 6.92 Å². The second-order valence-electron chi connectivity index (χ2n) is 8.85. The number of hydrogen-bond donors (Lipinski definition) is 1. The molecular weight excluding hydrogens is 452 g/mol. The molecule has 0 aromatic rings. The molecule has 0 saturated carbocycles. The molecule has 0 bridgehead atoms. The Bertz CT molecular complexity index is 841. The molecule has 0 aromatic carbocycles. The molecule has 0 radical (unpaired) electrons. The molecule has 0 heterocycles. The van der Waals surface area contributed by atoms with Gasteiger partial charge in [0.25, 0.3) is 0 Å². The zero-order valence-electron chi connectivity index (χ0n) is 22.5. The maximum absolute atomic E-state index is 5.94. The molecule has 190 valence electrons. The summed E-state index contributed by atoms with van der Waals surface area (Å²) >= 11 is 0. The lowest BCUT2D eigenvalue weighted by atomic mass is 9.98. The Kier molecular flexibility index (Phi) is 22.1. The van der Waals surface area contributed by atoms with Crippen molar-refractivity contribution in [2.45, 2.75) is 98.8 Å². The van der Waals surface area contributed by atoms with E-state index in [9.17, 15) is 0 Å². The van der Waals surface area contributed by atoms with Crippen molar-refractivity contribution in [1.82, 2.24) is 0 Å². The minimum Gasteiger partial charge on any atom is -0.134 e. The standard InChI is InChI=1S/C32H49ClS/c1-7-10-11-12-13-14-16-22-30(9-3)24-19-25-31(21-8-2)23-17-15-18-26-32(29(4)5)27-20-28-34(6)33/h6-7,9-10,12-13,15,18,25-26,29,34H,11,14,16-17,19-20,22-24,27-28H2,1-5H3/b10-7-,13-12-,18-15+,30-9-,31-25+,32-26-. The monoisotopic (exact) mass is 500 g/mol. The molecule has 0 fully saturated rings. The smallest absolute Gasteiger partial charge is 0.00165 e. The van der Waals surface area contributed by atoms with Crippen LogP contribution in [0.25, 0.3) is 0 Å². The molecule has 0 aliphatic rings. The Labute approximate surface area is 219 Å². The summed E-state index contributed by atoms with van der Waals surface area (Å²) in [6.45, 7) is 10.7. The fraction of sp³-hybridized carbons (Fsp3) is 0.531. The number of thiol groups is 1. The number of hydrogen-bond acceptors (Lipinski definition) is 0. The van der Waals surface area contributed by atoms with E-state index in [1.54, 1.807) is 5.57 Å². The maximum atomic E-state index is 5.94. The van der Waals surface area contributed by atoms with Gasteiger partial charge in [-0.15, -0.1) is 21.1 Å². The van der Waals surface area contributed by atoms with Gasteiger partial charge < -0.3 is 0 Å². The van der Waals surface area contributed by atoms with E-state index in [4.69, 9.17) is 16.4 Å². The van der Waals surface area contributed by atoms with Crippen molar-refractivity contribution in [3.05, 3.63) is 71.4 Å². The number of rotatable bonds is 17. The maximum Gasteiger partial charge on any atom is -0.00165 e. The van der Waals surface area contributed by atoms with Crippen LogP contribution in [-0.4, -0.2) is 5.75 Å². The first-order chi connectivity index (χ1) is 16.4. The molecule has 0 rings (SSSR count). The van der Waals surface area contributed by atoms with Crippen molar-refractivity contribution in [2.24, 2.45) is 5.92 Å². The number of halogens is 1. The molecule has 34 heavy (non-hydrogen) atoms. The third kappa shape index (κ3) is 19.9. The summed E-state index contributed by atoms with van der Waals surface area (Å²) in [5.41, 5.74) is 10.0. The second kappa shape index (κ2) is 23.2. The van der Waals surface area contributed by atoms with E-state index in [1.165, 1.54) is 24.0 Å². The highest BCUT2D eigenvalue weighted by atomic mass is 35.7. The van der Waals surface area contributed by atoms with E-state index in [2.05, 4.69) is 94.2 Å². The van der Waals surface area contributed by atoms with Crippen LogP contribution in [0.4, 0.5) is 0 Å². The van der Waals surface area contributed by atoms with Gasteiger partial charge in [-0.05, 0) is 102 Å². The van der Waals surface area contributed by atoms with Crippen molar-refractivity contribution in [3.8, 4) is 17.5 Å². The lowest BCUT2D eigenvalue weighted by molar-refractivity contribution is 0.704. The average molecular weight is 501 g/mol. The first kappa shape index (κ1) is 32.4. The van der Waals surface area contributed by atoms with Crippen molar-refractivity contribution >= 4 is 20.2 Å². The quantitative estimate of drug-likeness (QED) is 0.0662. The Morgan fingerprint density at radius 2 is 1.74 bits per heavy atom. The van der Waals surface area contributed by atoms with Crippen molar-refractivity contribution < 1.29 is 0 Å². The van der Waals surface area contributed by atoms with Crippen molar-refractivity contribution in [2.75, 3.05) is 5.75 Å². The summed E-state index contributed by atoms with van der Waals surface area (Å²) in [6, 6.07) is 0. The normalized spacial score (nSPS) is 14.5. The van der Waals surface area contributed by atoms with E-state index in [-0.39, 0.29) is 0 Å². The minimum atomic E-state index is -0.799. The van der Waals surface area contributed by atoms with Gasteiger partial charge in [0, 0.05) is 0 Å². The third-order valence-corrected chi connectivity index (χ3v) is 6.95. The van der Waals surface area contributed by atoms with Crippen LogP contribution in [0.2, 0.25) is 0 Å². The molecule has 0 N–H and O–H groups in total. The molecule has 0 aliphatic heterocycles. The predicted molar refractivity (Wildman–Crippen MR) is 162 cm³/mol. The minimum absolute atomic E-state index is 0.556. The Morgan fingerprint density at radius 3 is 2.38 bits per heavy atom. The van der Waals surface area contributed by atoms with E-state index in [0.717, 1.165) is 57.1 Å². The predicted octanol–water partition coefficient (Wildman–Crippen LogP) is 10.8. The highest BCUT2D eigenvalue weighted by Crippen LogP contribution is 2.21. The topological polar surface area (TPSA) is 0 Å². The lowest BCUT2D eigenvalue weighted by Gasteiger charge is -2.10. The first-order valence-corrected chi connectivity index (χ1v) is 15.5. The number of allylic oxidation sites excluding steroid dienone is 12.